The van der Waals surface area contributed by atoms with Crippen LogP contribution < -0.4 is 11.5 Å². The van der Waals surface area contributed by atoms with Crippen LogP contribution in [0.3, 0.4) is 0 Å². The average molecular weight is 207 g/mol. The predicted molar refractivity (Wildman–Crippen MR) is 61.6 cm³/mol. The number of aliphatic imine (C=N–C) groups is 1. The van der Waals surface area contributed by atoms with Gasteiger partial charge in [0.05, 0.1) is 19.8 Å². The van der Waals surface area contributed by atoms with E-state index in [0.29, 0.717) is 19.8 Å². The number of nitrogens with zero attached hydrogens (tertiary/aromatic N) is 1. The molecule has 4 nitrogen and oxygen atoms in total. The van der Waals surface area contributed by atoms with E-state index in [0.717, 1.165) is 6.42 Å². The van der Waals surface area contributed by atoms with E-state index in [1.165, 1.54) is 5.56 Å². The van der Waals surface area contributed by atoms with Crippen LogP contribution in [0, 0.1) is 0 Å². The van der Waals surface area contributed by atoms with Crippen LogP contribution in [0.1, 0.15) is 5.56 Å². The quantitative estimate of drug-likeness (QED) is 0.406. The topological polar surface area (TPSA) is 73.6 Å². The third-order valence-corrected chi connectivity index (χ3v) is 1.91. The lowest BCUT2D eigenvalue weighted by Crippen LogP contribution is -2.23. The molecule has 0 fully saturated rings. The fourth-order valence-electron chi connectivity index (χ4n) is 1.18. The van der Waals surface area contributed by atoms with Gasteiger partial charge < -0.3 is 16.2 Å². The first-order chi connectivity index (χ1) is 7.29. The summed E-state index contributed by atoms with van der Waals surface area (Å²) in [4.78, 5) is 3.82. The van der Waals surface area contributed by atoms with Crippen LogP contribution in [0.15, 0.2) is 35.3 Å². The number of hydrogen-bond acceptors (Lipinski definition) is 2. The monoisotopic (exact) mass is 207 g/mol. The number of benzene rings is 1. The van der Waals surface area contributed by atoms with Crippen LogP contribution in [0.5, 0.6) is 0 Å². The Bertz CT molecular complexity index is 294. The SMILES string of the molecule is NC(N)=NCCOCCc1ccccc1. The van der Waals surface area contributed by atoms with Gasteiger partial charge in [0, 0.05) is 0 Å². The van der Waals surface area contributed by atoms with Gasteiger partial charge in [-0.15, -0.1) is 0 Å². The second-order valence-electron chi connectivity index (χ2n) is 3.15. The predicted octanol–water partition coefficient (Wildman–Crippen LogP) is 0.519. The Morgan fingerprint density at radius 3 is 2.53 bits per heavy atom. The number of hydrogen-bond donors (Lipinski definition) is 2. The van der Waals surface area contributed by atoms with Crippen molar-refractivity contribution < 1.29 is 4.74 Å². The van der Waals surface area contributed by atoms with Gasteiger partial charge in [-0.2, -0.15) is 0 Å². The summed E-state index contributed by atoms with van der Waals surface area (Å²) in [6.45, 7) is 1.78. The van der Waals surface area contributed by atoms with Gasteiger partial charge in [-0.05, 0) is 12.0 Å². The molecule has 1 rings (SSSR count). The molecule has 0 heterocycles. The van der Waals surface area contributed by atoms with Crippen molar-refractivity contribution in [2.24, 2.45) is 16.5 Å². The minimum Gasteiger partial charge on any atom is -0.379 e. The van der Waals surface area contributed by atoms with Crippen molar-refractivity contribution in [2.75, 3.05) is 19.8 Å². The van der Waals surface area contributed by atoms with E-state index in [1.54, 1.807) is 0 Å². The third-order valence-electron chi connectivity index (χ3n) is 1.91. The van der Waals surface area contributed by atoms with Crippen molar-refractivity contribution in [3.63, 3.8) is 0 Å². The van der Waals surface area contributed by atoms with Crippen LogP contribution in [0.2, 0.25) is 0 Å². The lowest BCUT2D eigenvalue weighted by molar-refractivity contribution is 0.145. The standard InChI is InChI=1S/C11H17N3O/c12-11(13)14-7-9-15-8-6-10-4-2-1-3-5-10/h1-5H,6-9H2,(H4,12,13,14). The maximum atomic E-state index is 5.37. The first kappa shape index (κ1) is 11.5. The highest BCUT2D eigenvalue weighted by atomic mass is 16.5. The van der Waals surface area contributed by atoms with E-state index in [1.807, 2.05) is 18.2 Å². The molecule has 0 radical (unpaired) electrons. The minimum absolute atomic E-state index is 0.113. The summed E-state index contributed by atoms with van der Waals surface area (Å²) < 4.78 is 5.37. The summed E-state index contributed by atoms with van der Waals surface area (Å²) in [6.07, 6.45) is 0.919. The summed E-state index contributed by atoms with van der Waals surface area (Å²) in [5.41, 5.74) is 11.6. The maximum Gasteiger partial charge on any atom is 0.185 e. The number of rotatable bonds is 6. The zero-order valence-electron chi connectivity index (χ0n) is 8.73. The Morgan fingerprint density at radius 1 is 1.13 bits per heavy atom. The molecule has 0 amide bonds. The van der Waals surface area contributed by atoms with E-state index in [4.69, 9.17) is 16.2 Å². The van der Waals surface area contributed by atoms with Gasteiger partial charge in [-0.25, -0.2) is 0 Å². The molecular weight excluding hydrogens is 190 g/mol. The lowest BCUT2D eigenvalue weighted by Gasteiger charge is -2.02. The smallest absolute Gasteiger partial charge is 0.185 e. The highest BCUT2D eigenvalue weighted by Gasteiger charge is 1.91. The molecule has 0 saturated heterocycles. The van der Waals surface area contributed by atoms with Crippen molar-refractivity contribution in [1.29, 1.82) is 0 Å². The first-order valence-corrected chi connectivity index (χ1v) is 4.96. The summed E-state index contributed by atoms with van der Waals surface area (Å²) in [5.74, 6) is 0.113. The highest BCUT2D eigenvalue weighted by molar-refractivity contribution is 5.75. The molecule has 1 aromatic carbocycles. The second kappa shape index (κ2) is 6.84. The first-order valence-electron chi connectivity index (χ1n) is 4.96. The Balaban J connectivity index is 2.05. The fourth-order valence-corrected chi connectivity index (χ4v) is 1.18. The van der Waals surface area contributed by atoms with E-state index in [-0.39, 0.29) is 5.96 Å². The zero-order valence-corrected chi connectivity index (χ0v) is 8.73. The van der Waals surface area contributed by atoms with Gasteiger partial charge in [-0.1, -0.05) is 30.3 Å². The average Bonchev–Trinajstić information content (AvgIpc) is 2.24. The van der Waals surface area contributed by atoms with E-state index in [2.05, 4.69) is 17.1 Å². The zero-order chi connectivity index (χ0) is 10.9. The van der Waals surface area contributed by atoms with E-state index >= 15 is 0 Å². The van der Waals surface area contributed by atoms with Gasteiger partial charge in [0.25, 0.3) is 0 Å². The summed E-state index contributed by atoms with van der Waals surface area (Å²) in [6, 6.07) is 10.2. The molecule has 1 aromatic rings. The molecular formula is C11H17N3O. The molecule has 0 spiro atoms. The lowest BCUT2D eigenvalue weighted by atomic mass is 10.2. The second-order valence-corrected chi connectivity index (χ2v) is 3.15. The van der Waals surface area contributed by atoms with Crippen LogP contribution in [0.4, 0.5) is 0 Å². The van der Waals surface area contributed by atoms with Crippen LogP contribution in [-0.2, 0) is 11.2 Å². The van der Waals surface area contributed by atoms with Crippen molar-refractivity contribution in [3.8, 4) is 0 Å². The summed E-state index contributed by atoms with van der Waals surface area (Å²) in [7, 11) is 0. The molecule has 15 heavy (non-hydrogen) atoms. The van der Waals surface area contributed by atoms with Gasteiger partial charge in [-0.3, -0.25) is 4.99 Å². The molecule has 0 aliphatic rings. The molecule has 0 aromatic heterocycles. The molecule has 0 aliphatic heterocycles. The molecule has 0 aliphatic carbocycles. The van der Waals surface area contributed by atoms with E-state index < -0.39 is 0 Å². The third kappa shape index (κ3) is 5.70. The van der Waals surface area contributed by atoms with E-state index in [9.17, 15) is 0 Å². The molecule has 0 atom stereocenters. The van der Waals surface area contributed by atoms with Crippen molar-refractivity contribution in [1.82, 2.24) is 0 Å². The van der Waals surface area contributed by atoms with Gasteiger partial charge in [0.15, 0.2) is 5.96 Å². The molecule has 4 heteroatoms. The Labute approximate surface area is 89.9 Å². The summed E-state index contributed by atoms with van der Waals surface area (Å²) >= 11 is 0. The van der Waals surface area contributed by atoms with Gasteiger partial charge in [0.1, 0.15) is 0 Å². The van der Waals surface area contributed by atoms with Crippen molar-refractivity contribution in [3.05, 3.63) is 35.9 Å². The largest absolute Gasteiger partial charge is 0.379 e. The number of nitrogens with two attached hydrogens (primary N) is 2. The van der Waals surface area contributed by atoms with Gasteiger partial charge >= 0.3 is 0 Å². The molecule has 82 valence electrons. The van der Waals surface area contributed by atoms with Crippen molar-refractivity contribution >= 4 is 5.96 Å². The maximum absolute atomic E-state index is 5.37. The summed E-state index contributed by atoms with van der Waals surface area (Å²) in [5, 5.41) is 0. The van der Waals surface area contributed by atoms with Crippen LogP contribution in [-0.4, -0.2) is 25.7 Å². The number of guanidine groups is 1. The number of ether oxygens (including phenoxy) is 1. The highest BCUT2D eigenvalue weighted by Crippen LogP contribution is 1.99. The molecule has 0 saturated carbocycles. The fraction of sp³-hybridized carbons (Fsp3) is 0.364. The van der Waals surface area contributed by atoms with Crippen LogP contribution in [0.25, 0.3) is 0 Å². The minimum atomic E-state index is 0.113. The molecule has 0 unspecified atom stereocenters. The molecule has 4 N–H and O–H groups in total. The van der Waals surface area contributed by atoms with Crippen molar-refractivity contribution in [2.45, 2.75) is 6.42 Å². The Hall–Kier alpha value is -1.55. The van der Waals surface area contributed by atoms with Gasteiger partial charge in [0.2, 0.25) is 0 Å². The Kier molecular flexibility index (Phi) is 5.25. The normalized spacial score (nSPS) is 9.87. The molecule has 0 bridgehead atoms. The Morgan fingerprint density at radius 2 is 1.87 bits per heavy atom. The van der Waals surface area contributed by atoms with Crippen LogP contribution >= 0.6 is 0 Å².